The minimum Gasteiger partial charge on any atom is -0.495 e. The number of carbonyl (C=O) groups excluding carboxylic acids is 1. The van der Waals surface area contributed by atoms with Gasteiger partial charge in [-0.3, -0.25) is 4.79 Å². The van der Waals surface area contributed by atoms with Crippen LogP contribution in [-0.2, 0) is 14.3 Å². The van der Waals surface area contributed by atoms with E-state index >= 15 is 0 Å². The fourth-order valence-corrected chi connectivity index (χ4v) is 5.50. The lowest BCUT2D eigenvalue weighted by atomic mass is 9.89. The predicted molar refractivity (Wildman–Crippen MR) is 152 cm³/mol. The topological polar surface area (TPSA) is 104 Å². The summed E-state index contributed by atoms with van der Waals surface area (Å²) in [4.78, 5) is 21.7. The van der Waals surface area contributed by atoms with Crippen molar-refractivity contribution in [3.8, 4) is 22.8 Å². The lowest BCUT2D eigenvalue weighted by molar-refractivity contribution is -0.116. The number of ether oxygens (including phenoxy) is 4. The third-order valence-electron chi connectivity index (χ3n) is 7.05. The van der Waals surface area contributed by atoms with Crippen molar-refractivity contribution in [1.29, 1.82) is 0 Å². The van der Waals surface area contributed by atoms with Crippen LogP contribution in [0.25, 0.3) is 22.0 Å². The van der Waals surface area contributed by atoms with Crippen LogP contribution < -0.4 is 20.1 Å². The monoisotopic (exact) mass is 572 g/mol. The van der Waals surface area contributed by atoms with E-state index in [1.165, 1.54) is 20.3 Å². The Morgan fingerprint density at radius 2 is 1.85 bits per heavy atom. The van der Waals surface area contributed by atoms with Gasteiger partial charge in [0.25, 0.3) is 0 Å². The van der Waals surface area contributed by atoms with Crippen LogP contribution in [0.3, 0.4) is 0 Å². The maximum absolute atomic E-state index is 12.0. The molecule has 11 heteroatoms. The van der Waals surface area contributed by atoms with Crippen molar-refractivity contribution in [2.75, 3.05) is 51.3 Å². The second-order valence-corrected chi connectivity index (χ2v) is 10.3. The molecule has 2 aliphatic rings. The summed E-state index contributed by atoms with van der Waals surface area (Å²) < 4.78 is 22.0. The Morgan fingerprint density at radius 1 is 1.10 bits per heavy atom. The van der Waals surface area contributed by atoms with E-state index in [0.717, 1.165) is 17.2 Å². The van der Waals surface area contributed by atoms with Gasteiger partial charge in [0.2, 0.25) is 0 Å². The van der Waals surface area contributed by atoms with Crippen LogP contribution in [0.4, 0.5) is 11.6 Å². The number of benzene rings is 1. The van der Waals surface area contributed by atoms with E-state index in [0.29, 0.717) is 77.3 Å². The summed E-state index contributed by atoms with van der Waals surface area (Å²) in [5, 5.41) is 9.31. The van der Waals surface area contributed by atoms with E-state index in [1.807, 2.05) is 12.1 Å². The molecule has 2 aliphatic heterocycles. The first-order valence-electron chi connectivity index (χ1n) is 12.7. The van der Waals surface area contributed by atoms with Gasteiger partial charge in [0.15, 0.2) is 5.78 Å². The van der Waals surface area contributed by atoms with Gasteiger partial charge in [-0.25, -0.2) is 9.97 Å². The van der Waals surface area contributed by atoms with Gasteiger partial charge in [-0.15, -0.1) is 0 Å². The molecule has 39 heavy (non-hydrogen) atoms. The zero-order valence-electron chi connectivity index (χ0n) is 21.8. The average molecular weight is 573 g/mol. The molecule has 0 unspecified atom stereocenters. The fourth-order valence-electron chi connectivity index (χ4n) is 4.80. The predicted octanol–water partition coefficient (Wildman–Crippen LogP) is 5.39. The van der Waals surface area contributed by atoms with E-state index in [1.54, 1.807) is 12.3 Å². The lowest BCUT2D eigenvalue weighted by Gasteiger charge is -2.32. The molecule has 0 bridgehead atoms. The number of hydrogen-bond acceptors (Lipinski definition) is 9. The van der Waals surface area contributed by atoms with Crippen molar-refractivity contribution in [2.24, 2.45) is 5.92 Å². The zero-order valence-corrected chi connectivity index (χ0v) is 23.3. The summed E-state index contributed by atoms with van der Waals surface area (Å²) in [5.74, 6) is 2.31. The maximum Gasteiger partial charge on any atom is 0.155 e. The highest BCUT2D eigenvalue weighted by Crippen LogP contribution is 2.46. The highest BCUT2D eigenvalue weighted by Gasteiger charge is 2.28. The Bertz CT molecular complexity index is 1370. The van der Waals surface area contributed by atoms with Crippen molar-refractivity contribution in [1.82, 2.24) is 9.97 Å². The van der Waals surface area contributed by atoms with E-state index in [2.05, 4.69) is 22.2 Å². The number of rotatable bonds is 10. The Balaban J connectivity index is 1.55. The Morgan fingerprint density at radius 3 is 2.49 bits per heavy atom. The number of allylic oxidation sites excluding steroid dienone is 1. The third kappa shape index (κ3) is 5.77. The number of anilines is 2. The molecule has 1 aromatic carbocycles. The number of aromatic nitrogens is 2. The van der Waals surface area contributed by atoms with Crippen LogP contribution in [-0.4, -0.2) is 68.5 Å². The van der Waals surface area contributed by atoms with Crippen molar-refractivity contribution >= 4 is 51.4 Å². The number of fused-ring (bicyclic) bond motifs is 1. The van der Waals surface area contributed by atoms with Crippen LogP contribution in [0.5, 0.6) is 11.5 Å². The number of halogens is 2. The molecule has 2 saturated heterocycles. The molecule has 3 aromatic rings. The molecule has 2 N–H and O–H groups in total. The number of methoxy groups -OCH3 is 2. The van der Waals surface area contributed by atoms with Gasteiger partial charge in [0, 0.05) is 41.6 Å². The molecule has 2 aromatic heterocycles. The number of pyridine rings is 2. The second kappa shape index (κ2) is 12.0. The summed E-state index contributed by atoms with van der Waals surface area (Å²) >= 11 is 13.4. The number of hydrogen-bond donors (Lipinski definition) is 2. The third-order valence-corrected chi connectivity index (χ3v) is 7.80. The van der Waals surface area contributed by atoms with Crippen molar-refractivity contribution in [3.63, 3.8) is 0 Å². The van der Waals surface area contributed by atoms with Gasteiger partial charge in [-0.2, -0.15) is 0 Å². The van der Waals surface area contributed by atoms with Gasteiger partial charge >= 0.3 is 0 Å². The summed E-state index contributed by atoms with van der Waals surface area (Å²) in [7, 11) is 3.06. The van der Waals surface area contributed by atoms with E-state index in [4.69, 9.17) is 47.1 Å². The van der Waals surface area contributed by atoms with Crippen LogP contribution >= 0.6 is 23.2 Å². The smallest absolute Gasteiger partial charge is 0.155 e. The molecule has 0 aliphatic carbocycles. The number of nitrogens with one attached hydrogen (secondary N) is 2. The van der Waals surface area contributed by atoms with Crippen LogP contribution in [0.1, 0.15) is 12.8 Å². The highest BCUT2D eigenvalue weighted by molar-refractivity contribution is 6.41. The maximum atomic E-state index is 12.0. The SMILES string of the molecule is C=CC(=O)C[C@H]1CCOC[C@H]1Nc1cc2c(NC3COC3)nc(-c3c(Cl)c(OC)cc(OC)c3Cl)cc2cn1. The second-order valence-electron chi connectivity index (χ2n) is 9.56. The van der Waals surface area contributed by atoms with E-state index in [-0.39, 0.29) is 23.8 Å². The molecule has 0 amide bonds. The van der Waals surface area contributed by atoms with Gasteiger partial charge in [0.1, 0.15) is 23.1 Å². The lowest BCUT2D eigenvalue weighted by Crippen LogP contribution is -2.40. The minimum absolute atomic E-state index is 0.0256. The number of nitrogens with zero attached hydrogens (tertiary/aromatic N) is 2. The Labute approximate surface area is 236 Å². The minimum atomic E-state index is -0.0573. The van der Waals surface area contributed by atoms with Crippen molar-refractivity contribution < 1.29 is 23.7 Å². The van der Waals surface area contributed by atoms with Crippen LogP contribution in [0.2, 0.25) is 10.0 Å². The molecule has 2 fully saturated rings. The highest BCUT2D eigenvalue weighted by atomic mass is 35.5. The number of carbonyl (C=O) groups is 1. The molecule has 4 heterocycles. The summed E-state index contributed by atoms with van der Waals surface area (Å²) in [6.45, 7) is 5.89. The first kappa shape index (κ1) is 27.5. The molecule has 0 saturated carbocycles. The number of ketones is 1. The van der Waals surface area contributed by atoms with Crippen LogP contribution in [0.15, 0.2) is 37.1 Å². The molecule has 0 radical (unpaired) electrons. The average Bonchev–Trinajstić information content (AvgIpc) is 2.92. The molecule has 0 spiro atoms. The first-order valence-corrected chi connectivity index (χ1v) is 13.4. The molecular formula is C28H30Cl2N4O5. The van der Waals surface area contributed by atoms with Gasteiger partial charge in [0.05, 0.1) is 61.9 Å². The van der Waals surface area contributed by atoms with Crippen LogP contribution in [0, 0.1) is 5.92 Å². The largest absolute Gasteiger partial charge is 0.495 e. The molecule has 206 valence electrons. The molecule has 2 atom stereocenters. The van der Waals surface area contributed by atoms with Crippen molar-refractivity contribution in [2.45, 2.75) is 24.9 Å². The zero-order chi connectivity index (χ0) is 27.5. The summed E-state index contributed by atoms with van der Waals surface area (Å²) in [5.41, 5.74) is 1.05. The van der Waals surface area contributed by atoms with E-state index < -0.39 is 0 Å². The quantitative estimate of drug-likeness (QED) is 0.309. The summed E-state index contributed by atoms with van der Waals surface area (Å²) in [6.07, 6.45) is 4.36. The molecule has 9 nitrogen and oxygen atoms in total. The molecular weight excluding hydrogens is 543 g/mol. The van der Waals surface area contributed by atoms with E-state index in [9.17, 15) is 4.79 Å². The van der Waals surface area contributed by atoms with Gasteiger partial charge in [-0.1, -0.05) is 29.8 Å². The summed E-state index contributed by atoms with van der Waals surface area (Å²) in [6, 6.07) is 5.54. The Hall–Kier alpha value is -3.11. The van der Waals surface area contributed by atoms with Gasteiger partial charge in [-0.05, 0) is 30.5 Å². The first-order chi connectivity index (χ1) is 18.9. The standard InChI is InChI=1S/C28H30Cl2N4O5/c1-4-18(35)7-15-5-6-38-14-21(15)33-24-9-19-16(11-31-24)8-20(34-28(19)32-17-12-39-13-17)25-26(29)22(36-2)10-23(37-3)27(25)30/h4,8-11,15,17,21H,1,5-7,12-14H2,2-3H3,(H,31,33)(H,32,34)/t15-,21-/m1/s1. The normalized spacial score (nSPS) is 19.3. The fraction of sp³-hybridized carbons (Fsp3) is 0.393. The van der Waals surface area contributed by atoms with Gasteiger partial charge < -0.3 is 29.6 Å². The van der Waals surface area contributed by atoms with Crippen molar-refractivity contribution in [3.05, 3.63) is 47.1 Å². The Kier molecular flexibility index (Phi) is 8.42. The molecule has 5 rings (SSSR count).